The van der Waals surface area contributed by atoms with E-state index in [4.69, 9.17) is 5.73 Å². The standard InChI is InChI=1S/C17H18FN3/c1-3-8-21-16-10-12(18)5-7-15(16)20-17(21)13-9-11(2)4-6-14(13)19/h4-7,9-10H,3,8,19H2,1-2H3. The molecule has 0 bridgehead atoms. The zero-order chi connectivity index (χ0) is 15.0. The van der Waals surface area contributed by atoms with E-state index in [2.05, 4.69) is 11.9 Å². The van der Waals surface area contributed by atoms with Crippen LogP contribution in [0.2, 0.25) is 0 Å². The van der Waals surface area contributed by atoms with Gasteiger partial charge in [-0.05, 0) is 43.7 Å². The van der Waals surface area contributed by atoms with Crippen molar-refractivity contribution in [2.45, 2.75) is 26.8 Å². The maximum atomic E-state index is 13.5. The van der Waals surface area contributed by atoms with Gasteiger partial charge in [-0.2, -0.15) is 0 Å². The number of rotatable bonds is 3. The number of aryl methyl sites for hydroxylation is 2. The molecule has 2 aromatic carbocycles. The van der Waals surface area contributed by atoms with Gasteiger partial charge in [0.1, 0.15) is 11.6 Å². The first-order valence-corrected chi connectivity index (χ1v) is 7.12. The molecule has 0 radical (unpaired) electrons. The second kappa shape index (κ2) is 5.20. The Hall–Kier alpha value is -2.36. The first-order valence-electron chi connectivity index (χ1n) is 7.12. The smallest absolute Gasteiger partial charge is 0.143 e. The van der Waals surface area contributed by atoms with Crippen molar-refractivity contribution in [3.63, 3.8) is 0 Å². The Morgan fingerprint density at radius 2 is 2.00 bits per heavy atom. The SMILES string of the molecule is CCCn1c(-c2cc(C)ccc2N)nc2ccc(F)cc21. The highest BCUT2D eigenvalue weighted by molar-refractivity contribution is 5.83. The Kier molecular flexibility index (Phi) is 3.37. The number of hydrogen-bond donors (Lipinski definition) is 1. The van der Waals surface area contributed by atoms with Gasteiger partial charge in [-0.25, -0.2) is 9.37 Å². The number of halogens is 1. The van der Waals surface area contributed by atoms with E-state index in [9.17, 15) is 4.39 Å². The minimum Gasteiger partial charge on any atom is -0.398 e. The van der Waals surface area contributed by atoms with Gasteiger partial charge in [-0.15, -0.1) is 0 Å². The van der Waals surface area contributed by atoms with Gasteiger partial charge in [0.05, 0.1) is 11.0 Å². The second-order valence-corrected chi connectivity index (χ2v) is 5.31. The molecule has 0 saturated heterocycles. The normalized spacial score (nSPS) is 11.2. The molecule has 0 aliphatic rings. The van der Waals surface area contributed by atoms with E-state index in [1.165, 1.54) is 12.1 Å². The van der Waals surface area contributed by atoms with Crippen LogP contribution >= 0.6 is 0 Å². The molecule has 1 aromatic heterocycles. The summed E-state index contributed by atoms with van der Waals surface area (Å²) in [7, 11) is 0. The van der Waals surface area contributed by atoms with Crippen molar-refractivity contribution in [3.05, 3.63) is 47.8 Å². The molecule has 0 spiro atoms. The van der Waals surface area contributed by atoms with Crippen LogP contribution in [0, 0.1) is 12.7 Å². The first kappa shape index (κ1) is 13.6. The highest BCUT2D eigenvalue weighted by Crippen LogP contribution is 2.30. The molecule has 0 aliphatic carbocycles. The first-order chi connectivity index (χ1) is 10.1. The van der Waals surface area contributed by atoms with Gasteiger partial charge in [-0.1, -0.05) is 18.6 Å². The van der Waals surface area contributed by atoms with Crippen LogP contribution in [-0.4, -0.2) is 9.55 Å². The van der Waals surface area contributed by atoms with E-state index in [1.807, 2.05) is 29.7 Å². The lowest BCUT2D eigenvalue weighted by molar-refractivity contribution is 0.627. The van der Waals surface area contributed by atoms with Crippen LogP contribution in [-0.2, 0) is 6.54 Å². The molecule has 4 heteroatoms. The molecule has 3 rings (SSSR count). The number of nitrogens with zero attached hydrogens (tertiary/aromatic N) is 2. The second-order valence-electron chi connectivity index (χ2n) is 5.31. The number of imidazole rings is 1. The molecule has 0 unspecified atom stereocenters. The van der Waals surface area contributed by atoms with Crippen molar-refractivity contribution in [3.8, 4) is 11.4 Å². The van der Waals surface area contributed by atoms with Gasteiger partial charge in [0.25, 0.3) is 0 Å². The Morgan fingerprint density at radius 1 is 1.19 bits per heavy atom. The molecule has 1 heterocycles. The third kappa shape index (κ3) is 2.37. The van der Waals surface area contributed by atoms with Gasteiger partial charge in [-0.3, -0.25) is 0 Å². The fraction of sp³-hybridized carbons (Fsp3) is 0.235. The maximum Gasteiger partial charge on any atom is 0.143 e. The fourth-order valence-corrected chi connectivity index (χ4v) is 2.62. The van der Waals surface area contributed by atoms with Gasteiger partial charge in [0.2, 0.25) is 0 Å². The number of hydrogen-bond acceptors (Lipinski definition) is 2. The molecular weight excluding hydrogens is 265 g/mol. The summed E-state index contributed by atoms with van der Waals surface area (Å²) < 4.78 is 15.6. The summed E-state index contributed by atoms with van der Waals surface area (Å²) in [6.07, 6.45) is 0.945. The molecule has 3 nitrogen and oxygen atoms in total. The third-order valence-corrected chi connectivity index (χ3v) is 3.61. The van der Waals surface area contributed by atoms with Crippen LogP contribution < -0.4 is 5.73 Å². The van der Waals surface area contributed by atoms with Crippen LogP contribution in [0.4, 0.5) is 10.1 Å². The molecule has 0 amide bonds. The van der Waals surface area contributed by atoms with E-state index < -0.39 is 0 Å². The van der Waals surface area contributed by atoms with E-state index in [-0.39, 0.29) is 5.82 Å². The Morgan fingerprint density at radius 3 is 2.76 bits per heavy atom. The number of nitrogens with two attached hydrogens (primary N) is 1. The average Bonchev–Trinajstić information content (AvgIpc) is 2.80. The highest BCUT2D eigenvalue weighted by atomic mass is 19.1. The molecule has 0 saturated carbocycles. The van der Waals surface area contributed by atoms with E-state index in [1.54, 1.807) is 6.07 Å². The van der Waals surface area contributed by atoms with Gasteiger partial charge < -0.3 is 10.3 Å². The van der Waals surface area contributed by atoms with Gasteiger partial charge >= 0.3 is 0 Å². The van der Waals surface area contributed by atoms with E-state index in [0.29, 0.717) is 5.69 Å². The molecule has 0 atom stereocenters. The number of aromatic nitrogens is 2. The minimum absolute atomic E-state index is 0.247. The molecule has 0 aliphatic heterocycles. The molecule has 0 fully saturated rings. The Balaban J connectivity index is 2.30. The van der Waals surface area contributed by atoms with Crippen molar-refractivity contribution in [2.75, 3.05) is 5.73 Å². The van der Waals surface area contributed by atoms with Crippen LogP contribution in [0.15, 0.2) is 36.4 Å². The van der Waals surface area contributed by atoms with Gasteiger partial charge in [0, 0.05) is 17.8 Å². The Labute approximate surface area is 123 Å². The van der Waals surface area contributed by atoms with Crippen LogP contribution in [0.3, 0.4) is 0 Å². The van der Waals surface area contributed by atoms with Crippen molar-refractivity contribution >= 4 is 16.7 Å². The lowest BCUT2D eigenvalue weighted by atomic mass is 10.1. The predicted octanol–water partition coefficient (Wildman–Crippen LogP) is 4.14. The van der Waals surface area contributed by atoms with E-state index >= 15 is 0 Å². The summed E-state index contributed by atoms with van der Waals surface area (Å²) >= 11 is 0. The van der Waals surface area contributed by atoms with Crippen molar-refractivity contribution < 1.29 is 4.39 Å². The number of benzene rings is 2. The van der Waals surface area contributed by atoms with Crippen LogP contribution in [0.25, 0.3) is 22.4 Å². The quantitative estimate of drug-likeness (QED) is 0.734. The van der Waals surface area contributed by atoms with E-state index in [0.717, 1.165) is 41.0 Å². The van der Waals surface area contributed by atoms with Gasteiger partial charge in [0.15, 0.2) is 0 Å². The molecule has 2 N–H and O–H groups in total. The average molecular weight is 283 g/mol. The highest BCUT2D eigenvalue weighted by Gasteiger charge is 2.15. The number of fused-ring (bicyclic) bond motifs is 1. The lowest BCUT2D eigenvalue weighted by Gasteiger charge is -2.10. The van der Waals surface area contributed by atoms with Crippen LogP contribution in [0.1, 0.15) is 18.9 Å². The lowest BCUT2D eigenvalue weighted by Crippen LogP contribution is -2.02. The van der Waals surface area contributed by atoms with Crippen LogP contribution in [0.5, 0.6) is 0 Å². The molecular formula is C17H18FN3. The number of nitrogen functional groups attached to an aromatic ring is 1. The maximum absolute atomic E-state index is 13.5. The monoisotopic (exact) mass is 283 g/mol. The summed E-state index contributed by atoms with van der Waals surface area (Å²) in [6.45, 7) is 4.90. The predicted molar refractivity (Wildman–Crippen MR) is 84.6 cm³/mol. The fourth-order valence-electron chi connectivity index (χ4n) is 2.62. The Bertz CT molecular complexity index is 805. The summed E-state index contributed by atoms with van der Waals surface area (Å²) in [6, 6.07) is 10.6. The van der Waals surface area contributed by atoms with Crippen molar-refractivity contribution in [1.29, 1.82) is 0 Å². The molecule has 3 aromatic rings. The largest absolute Gasteiger partial charge is 0.398 e. The molecule has 108 valence electrons. The zero-order valence-corrected chi connectivity index (χ0v) is 12.2. The minimum atomic E-state index is -0.247. The van der Waals surface area contributed by atoms with Crippen molar-refractivity contribution in [1.82, 2.24) is 9.55 Å². The van der Waals surface area contributed by atoms with Crippen molar-refractivity contribution in [2.24, 2.45) is 0 Å². The molecule has 21 heavy (non-hydrogen) atoms. The zero-order valence-electron chi connectivity index (χ0n) is 12.2. The third-order valence-electron chi connectivity index (χ3n) is 3.61. The summed E-state index contributed by atoms with van der Waals surface area (Å²) in [5.41, 5.74) is 10.4. The summed E-state index contributed by atoms with van der Waals surface area (Å²) in [5.74, 6) is 0.558. The topological polar surface area (TPSA) is 43.8 Å². The summed E-state index contributed by atoms with van der Waals surface area (Å²) in [5, 5.41) is 0. The summed E-state index contributed by atoms with van der Waals surface area (Å²) in [4.78, 5) is 4.66. The number of anilines is 1.